The fourth-order valence-corrected chi connectivity index (χ4v) is 6.23. The highest BCUT2D eigenvalue weighted by molar-refractivity contribution is 5.89. The van der Waals surface area contributed by atoms with Crippen molar-refractivity contribution in [3.05, 3.63) is 117 Å². The number of imidazole rings is 1. The molecule has 1 atom stereocenters. The second-order valence-electron chi connectivity index (χ2n) is 11.9. The molecular weight excluding hydrogens is 568 g/mol. The number of nitrogens with zero attached hydrogens (tertiary/aromatic N) is 3. The first-order chi connectivity index (χ1) is 21.0. The number of carbonyl (C=O) groups is 1. The molecule has 0 amide bonds. The number of ether oxygens (including phenoxy) is 2. The SMILES string of the molecule is COc1cc(OC(F)F)c2nc3c(n2c1)C[C@@H](C(C)(C)C)c1cc(C(=O)O)c(=O)n(C(c2ccccc2)c2ccccc2)c1-3. The number of carboxylic acid groups (broad SMARTS) is 1. The van der Waals surface area contributed by atoms with Gasteiger partial charge in [-0.05, 0) is 40.5 Å². The van der Waals surface area contributed by atoms with E-state index in [2.05, 4.69) is 0 Å². The molecule has 3 heterocycles. The number of hydrogen-bond donors (Lipinski definition) is 1. The Morgan fingerprint density at radius 2 is 1.64 bits per heavy atom. The summed E-state index contributed by atoms with van der Waals surface area (Å²) < 4.78 is 40.6. The molecule has 0 unspecified atom stereocenters. The molecule has 44 heavy (non-hydrogen) atoms. The molecule has 2 aromatic carbocycles. The van der Waals surface area contributed by atoms with E-state index in [9.17, 15) is 23.5 Å². The summed E-state index contributed by atoms with van der Waals surface area (Å²) in [5.74, 6) is -1.50. The molecule has 6 rings (SSSR count). The Hall–Kier alpha value is -4.99. The molecule has 0 saturated heterocycles. The minimum Gasteiger partial charge on any atom is -0.495 e. The number of halogens is 2. The summed E-state index contributed by atoms with van der Waals surface area (Å²) in [6, 6.07) is 20.8. The molecular formula is C34H31F2N3O5. The molecule has 0 fully saturated rings. The van der Waals surface area contributed by atoms with Crippen LogP contribution in [-0.4, -0.2) is 38.7 Å². The number of carboxylic acids is 1. The minimum absolute atomic E-state index is 0.133. The van der Waals surface area contributed by atoms with Crippen molar-refractivity contribution in [2.75, 3.05) is 7.11 Å². The third kappa shape index (κ3) is 4.90. The number of hydrogen-bond acceptors (Lipinski definition) is 5. The number of alkyl halides is 2. The molecule has 3 aromatic heterocycles. The predicted octanol–water partition coefficient (Wildman–Crippen LogP) is 6.79. The van der Waals surface area contributed by atoms with Crippen LogP contribution in [0.3, 0.4) is 0 Å². The van der Waals surface area contributed by atoms with Crippen LogP contribution in [0, 0.1) is 5.41 Å². The van der Waals surface area contributed by atoms with Gasteiger partial charge >= 0.3 is 12.6 Å². The first-order valence-corrected chi connectivity index (χ1v) is 14.2. The van der Waals surface area contributed by atoms with Crippen LogP contribution in [0.4, 0.5) is 8.78 Å². The number of pyridine rings is 2. The van der Waals surface area contributed by atoms with Gasteiger partial charge in [0.25, 0.3) is 5.56 Å². The van der Waals surface area contributed by atoms with Crippen LogP contribution in [-0.2, 0) is 6.42 Å². The summed E-state index contributed by atoms with van der Waals surface area (Å²) in [5.41, 5.74) is 2.34. The molecule has 5 aromatic rings. The Balaban J connectivity index is 1.79. The zero-order chi connectivity index (χ0) is 31.3. The van der Waals surface area contributed by atoms with Gasteiger partial charge in [-0.25, -0.2) is 9.78 Å². The van der Waals surface area contributed by atoms with Crippen LogP contribution in [0.15, 0.2) is 83.8 Å². The minimum atomic E-state index is -3.11. The van der Waals surface area contributed by atoms with Gasteiger partial charge in [0.15, 0.2) is 11.4 Å². The van der Waals surface area contributed by atoms with Crippen LogP contribution >= 0.6 is 0 Å². The van der Waals surface area contributed by atoms with E-state index < -0.39 is 29.6 Å². The van der Waals surface area contributed by atoms with Crippen LogP contribution in [0.2, 0.25) is 0 Å². The Morgan fingerprint density at radius 3 is 2.16 bits per heavy atom. The number of aromatic nitrogens is 3. The van der Waals surface area contributed by atoms with E-state index in [0.717, 1.165) is 11.1 Å². The molecule has 1 aliphatic carbocycles. The average molecular weight is 600 g/mol. The topological polar surface area (TPSA) is 95.1 Å². The van der Waals surface area contributed by atoms with E-state index in [0.29, 0.717) is 29.1 Å². The number of benzene rings is 2. The molecule has 226 valence electrons. The molecule has 0 aliphatic heterocycles. The van der Waals surface area contributed by atoms with Crippen molar-refractivity contribution < 1.29 is 28.2 Å². The summed E-state index contributed by atoms with van der Waals surface area (Å²) in [4.78, 5) is 31.8. The normalized spacial score (nSPS) is 14.5. The second kappa shape index (κ2) is 10.9. The lowest BCUT2D eigenvalue weighted by atomic mass is 9.70. The first kappa shape index (κ1) is 29.1. The summed E-state index contributed by atoms with van der Waals surface area (Å²) in [7, 11) is 1.43. The van der Waals surface area contributed by atoms with Crippen LogP contribution < -0.4 is 15.0 Å². The zero-order valence-corrected chi connectivity index (χ0v) is 24.6. The lowest BCUT2D eigenvalue weighted by Crippen LogP contribution is -2.36. The molecule has 1 N–H and O–H groups in total. The van der Waals surface area contributed by atoms with Crippen molar-refractivity contribution in [1.82, 2.24) is 14.0 Å². The molecule has 0 saturated carbocycles. The maximum atomic E-state index is 14.4. The number of fused-ring (bicyclic) bond motifs is 5. The third-order valence-corrected chi connectivity index (χ3v) is 8.24. The van der Waals surface area contributed by atoms with Gasteiger partial charge in [0.2, 0.25) is 0 Å². The van der Waals surface area contributed by atoms with Gasteiger partial charge in [-0.2, -0.15) is 8.78 Å². The Bertz CT molecular complexity index is 1890. The van der Waals surface area contributed by atoms with Gasteiger partial charge in [-0.1, -0.05) is 81.4 Å². The maximum absolute atomic E-state index is 14.4. The molecule has 0 radical (unpaired) electrons. The van der Waals surface area contributed by atoms with Crippen molar-refractivity contribution in [2.24, 2.45) is 5.41 Å². The monoisotopic (exact) mass is 599 g/mol. The molecule has 0 spiro atoms. The average Bonchev–Trinajstić information content (AvgIpc) is 3.36. The van der Waals surface area contributed by atoms with Crippen molar-refractivity contribution in [2.45, 2.75) is 45.8 Å². The van der Waals surface area contributed by atoms with E-state index in [1.807, 2.05) is 81.4 Å². The summed E-state index contributed by atoms with van der Waals surface area (Å²) >= 11 is 0. The number of rotatable bonds is 7. The third-order valence-electron chi connectivity index (χ3n) is 8.24. The van der Waals surface area contributed by atoms with Gasteiger partial charge in [0.1, 0.15) is 17.0 Å². The zero-order valence-electron chi connectivity index (χ0n) is 24.6. The van der Waals surface area contributed by atoms with E-state index in [-0.39, 0.29) is 28.6 Å². The quantitative estimate of drug-likeness (QED) is 0.221. The smallest absolute Gasteiger partial charge is 0.387 e. The summed E-state index contributed by atoms with van der Waals surface area (Å²) in [6.45, 7) is 3.03. The predicted molar refractivity (Wildman–Crippen MR) is 161 cm³/mol. The standard InChI is InChI=1S/C34H31F2N3O5/c1-34(2,3)24-17-25-27(37-30-26(44-33(35)36)15-21(43-4)18-38(25)30)29-22(24)16-23(32(41)42)31(40)39(29)28(19-11-7-5-8-12-19)20-13-9-6-10-14-20/h5-16,18,24,28,33H,17H2,1-4H3,(H,41,42)/t24-/m1/s1. The first-order valence-electron chi connectivity index (χ1n) is 14.2. The fourth-order valence-electron chi connectivity index (χ4n) is 6.23. The highest BCUT2D eigenvalue weighted by Gasteiger charge is 2.40. The van der Waals surface area contributed by atoms with Gasteiger partial charge in [0, 0.05) is 6.07 Å². The van der Waals surface area contributed by atoms with Crippen molar-refractivity contribution in [1.29, 1.82) is 0 Å². The van der Waals surface area contributed by atoms with Crippen LogP contribution in [0.1, 0.15) is 65.5 Å². The van der Waals surface area contributed by atoms with Gasteiger partial charge in [-0.15, -0.1) is 0 Å². The summed E-state index contributed by atoms with van der Waals surface area (Å²) in [5, 5.41) is 10.3. The lowest BCUT2D eigenvalue weighted by molar-refractivity contribution is -0.0492. The molecule has 1 aliphatic rings. The number of methoxy groups -OCH3 is 1. The van der Waals surface area contributed by atoms with Crippen molar-refractivity contribution in [3.63, 3.8) is 0 Å². The van der Waals surface area contributed by atoms with E-state index in [4.69, 9.17) is 14.5 Å². The van der Waals surface area contributed by atoms with Gasteiger partial charge < -0.3 is 14.6 Å². The number of aromatic carboxylic acids is 1. The van der Waals surface area contributed by atoms with Crippen molar-refractivity contribution >= 4 is 11.6 Å². The summed E-state index contributed by atoms with van der Waals surface area (Å²) in [6.07, 6.45) is 2.05. The lowest BCUT2D eigenvalue weighted by Gasteiger charge is -2.37. The van der Waals surface area contributed by atoms with E-state index >= 15 is 0 Å². The van der Waals surface area contributed by atoms with Gasteiger partial charge in [-0.3, -0.25) is 13.8 Å². The highest BCUT2D eigenvalue weighted by Crippen LogP contribution is 2.49. The fraction of sp³-hybridized carbons (Fsp3) is 0.265. The Morgan fingerprint density at radius 1 is 1.02 bits per heavy atom. The van der Waals surface area contributed by atoms with Crippen LogP contribution in [0.5, 0.6) is 11.5 Å². The molecule has 8 nitrogen and oxygen atoms in total. The largest absolute Gasteiger partial charge is 0.495 e. The molecule has 0 bridgehead atoms. The van der Waals surface area contributed by atoms with Crippen molar-refractivity contribution in [3.8, 4) is 22.9 Å². The van der Waals surface area contributed by atoms with Crippen LogP contribution in [0.25, 0.3) is 17.0 Å². The molecule has 10 heteroatoms. The highest BCUT2D eigenvalue weighted by atomic mass is 19.3. The van der Waals surface area contributed by atoms with E-state index in [1.54, 1.807) is 10.6 Å². The maximum Gasteiger partial charge on any atom is 0.387 e. The Labute approximate surface area is 252 Å². The second-order valence-corrected chi connectivity index (χ2v) is 11.9. The van der Waals surface area contributed by atoms with E-state index in [1.165, 1.54) is 23.8 Å². The Kier molecular flexibility index (Phi) is 7.23. The van der Waals surface area contributed by atoms with Gasteiger partial charge in [0.05, 0.1) is 30.7 Å².